The SMILES string of the molecule is Cc1ccc(C(=N)N)c(OCc2ccco2)c1. The van der Waals surface area contributed by atoms with Crippen LogP contribution in [0, 0.1) is 12.3 Å². The topological polar surface area (TPSA) is 72.2 Å². The van der Waals surface area contributed by atoms with Gasteiger partial charge in [0.15, 0.2) is 0 Å². The Kier molecular flexibility index (Phi) is 3.14. The van der Waals surface area contributed by atoms with Crippen molar-refractivity contribution in [3.05, 3.63) is 53.5 Å². The Balaban J connectivity index is 2.19. The van der Waals surface area contributed by atoms with Crippen LogP contribution in [0.1, 0.15) is 16.9 Å². The molecule has 0 unspecified atom stereocenters. The van der Waals surface area contributed by atoms with Crippen molar-refractivity contribution < 1.29 is 9.15 Å². The lowest BCUT2D eigenvalue weighted by Crippen LogP contribution is -2.13. The lowest BCUT2D eigenvalue weighted by molar-refractivity contribution is 0.269. The third-order valence-electron chi connectivity index (χ3n) is 2.38. The number of benzene rings is 1. The van der Waals surface area contributed by atoms with Crippen molar-refractivity contribution >= 4 is 5.84 Å². The van der Waals surface area contributed by atoms with E-state index in [2.05, 4.69) is 0 Å². The summed E-state index contributed by atoms with van der Waals surface area (Å²) in [6.07, 6.45) is 1.60. The molecule has 0 aliphatic heterocycles. The zero-order valence-corrected chi connectivity index (χ0v) is 9.57. The van der Waals surface area contributed by atoms with Gasteiger partial charge in [-0.05, 0) is 36.8 Å². The first-order valence-corrected chi connectivity index (χ1v) is 5.27. The van der Waals surface area contributed by atoms with Crippen LogP contribution in [0.2, 0.25) is 0 Å². The number of hydrogen-bond donors (Lipinski definition) is 2. The van der Waals surface area contributed by atoms with Gasteiger partial charge in [0.1, 0.15) is 24.0 Å². The van der Waals surface area contributed by atoms with Crippen molar-refractivity contribution in [1.82, 2.24) is 0 Å². The summed E-state index contributed by atoms with van der Waals surface area (Å²) in [7, 11) is 0. The number of nitrogens with two attached hydrogens (primary N) is 1. The number of ether oxygens (including phenoxy) is 1. The summed E-state index contributed by atoms with van der Waals surface area (Å²) in [4.78, 5) is 0. The molecular formula is C13H14N2O2. The van der Waals surface area contributed by atoms with Crippen LogP contribution in [-0.4, -0.2) is 5.84 Å². The minimum atomic E-state index is -0.000514. The van der Waals surface area contributed by atoms with E-state index in [0.29, 0.717) is 17.9 Å². The second-order valence-corrected chi connectivity index (χ2v) is 3.78. The van der Waals surface area contributed by atoms with Crippen molar-refractivity contribution in [2.45, 2.75) is 13.5 Å². The first kappa shape index (κ1) is 11.3. The van der Waals surface area contributed by atoms with Crippen LogP contribution in [-0.2, 0) is 6.61 Å². The molecule has 1 aromatic carbocycles. The fourth-order valence-electron chi connectivity index (χ4n) is 1.52. The summed E-state index contributed by atoms with van der Waals surface area (Å²) in [6.45, 7) is 2.29. The Morgan fingerprint density at radius 2 is 2.24 bits per heavy atom. The van der Waals surface area contributed by atoms with Gasteiger partial charge in [0.25, 0.3) is 0 Å². The van der Waals surface area contributed by atoms with Gasteiger partial charge in [-0.3, -0.25) is 5.41 Å². The molecule has 4 heteroatoms. The summed E-state index contributed by atoms with van der Waals surface area (Å²) < 4.78 is 10.8. The van der Waals surface area contributed by atoms with E-state index in [4.69, 9.17) is 20.3 Å². The van der Waals surface area contributed by atoms with Crippen LogP contribution in [0.15, 0.2) is 41.0 Å². The first-order valence-electron chi connectivity index (χ1n) is 5.27. The predicted octanol–water partition coefficient (Wildman–Crippen LogP) is 2.45. The maximum Gasteiger partial charge on any atom is 0.146 e. The smallest absolute Gasteiger partial charge is 0.146 e. The van der Waals surface area contributed by atoms with Crippen LogP contribution in [0.3, 0.4) is 0 Å². The Bertz CT molecular complexity index is 518. The van der Waals surface area contributed by atoms with Gasteiger partial charge < -0.3 is 14.9 Å². The zero-order chi connectivity index (χ0) is 12.3. The molecular weight excluding hydrogens is 216 g/mol. The highest BCUT2D eigenvalue weighted by Gasteiger charge is 2.07. The molecule has 0 aliphatic rings. The van der Waals surface area contributed by atoms with Gasteiger partial charge in [-0.25, -0.2) is 0 Å². The highest BCUT2D eigenvalue weighted by Crippen LogP contribution is 2.21. The molecule has 0 radical (unpaired) electrons. The Labute approximate surface area is 99.5 Å². The number of aryl methyl sites for hydroxylation is 1. The zero-order valence-electron chi connectivity index (χ0n) is 9.57. The molecule has 2 rings (SSSR count). The van der Waals surface area contributed by atoms with E-state index in [9.17, 15) is 0 Å². The summed E-state index contributed by atoms with van der Waals surface area (Å²) in [5.41, 5.74) is 7.15. The van der Waals surface area contributed by atoms with Gasteiger partial charge >= 0.3 is 0 Å². The standard InChI is InChI=1S/C13H14N2O2/c1-9-4-5-11(13(14)15)12(7-9)17-8-10-3-2-6-16-10/h2-7H,8H2,1H3,(H3,14,15). The molecule has 17 heavy (non-hydrogen) atoms. The fourth-order valence-corrected chi connectivity index (χ4v) is 1.52. The van der Waals surface area contributed by atoms with E-state index < -0.39 is 0 Å². The van der Waals surface area contributed by atoms with E-state index in [0.717, 1.165) is 11.3 Å². The summed E-state index contributed by atoms with van der Waals surface area (Å²) in [5, 5.41) is 7.47. The van der Waals surface area contributed by atoms with Gasteiger partial charge in [-0.2, -0.15) is 0 Å². The molecule has 0 spiro atoms. The largest absolute Gasteiger partial charge is 0.485 e. The van der Waals surface area contributed by atoms with Gasteiger partial charge in [0.05, 0.1) is 11.8 Å². The van der Waals surface area contributed by atoms with E-state index >= 15 is 0 Å². The molecule has 3 N–H and O–H groups in total. The van der Waals surface area contributed by atoms with Gasteiger partial charge in [-0.15, -0.1) is 0 Å². The average Bonchev–Trinajstić information content (AvgIpc) is 2.78. The first-order chi connectivity index (χ1) is 8.16. The van der Waals surface area contributed by atoms with E-state index in [1.165, 1.54) is 0 Å². The van der Waals surface area contributed by atoms with Gasteiger partial charge in [0, 0.05) is 0 Å². The lowest BCUT2D eigenvalue weighted by Gasteiger charge is -2.10. The van der Waals surface area contributed by atoms with E-state index in [-0.39, 0.29) is 5.84 Å². The second kappa shape index (κ2) is 4.74. The molecule has 0 saturated carbocycles. The quantitative estimate of drug-likeness (QED) is 0.626. The number of nitrogen functional groups attached to an aromatic ring is 1. The number of rotatable bonds is 4. The van der Waals surface area contributed by atoms with Crippen LogP contribution >= 0.6 is 0 Å². The summed E-state index contributed by atoms with van der Waals surface area (Å²) >= 11 is 0. The van der Waals surface area contributed by atoms with Crippen molar-refractivity contribution in [2.75, 3.05) is 0 Å². The van der Waals surface area contributed by atoms with Crippen LogP contribution < -0.4 is 10.5 Å². The molecule has 0 aliphatic carbocycles. The number of nitrogens with one attached hydrogen (secondary N) is 1. The van der Waals surface area contributed by atoms with Crippen LogP contribution in [0.4, 0.5) is 0 Å². The Morgan fingerprint density at radius 3 is 2.88 bits per heavy atom. The minimum absolute atomic E-state index is 0.000514. The molecule has 0 atom stereocenters. The summed E-state index contributed by atoms with van der Waals surface area (Å²) in [5.74, 6) is 1.34. The van der Waals surface area contributed by atoms with Crippen molar-refractivity contribution in [3.63, 3.8) is 0 Å². The van der Waals surface area contributed by atoms with Gasteiger partial charge in [0.2, 0.25) is 0 Å². The lowest BCUT2D eigenvalue weighted by atomic mass is 10.1. The fraction of sp³-hybridized carbons (Fsp3) is 0.154. The molecule has 0 bridgehead atoms. The van der Waals surface area contributed by atoms with Crippen molar-refractivity contribution in [3.8, 4) is 5.75 Å². The van der Waals surface area contributed by atoms with E-state index in [1.807, 2.05) is 25.1 Å². The number of amidine groups is 1. The summed E-state index contributed by atoms with van der Waals surface area (Å²) in [6, 6.07) is 9.19. The molecule has 1 heterocycles. The third-order valence-corrected chi connectivity index (χ3v) is 2.38. The molecule has 1 aromatic heterocycles. The maximum atomic E-state index is 7.47. The van der Waals surface area contributed by atoms with Crippen LogP contribution in [0.25, 0.3) is 0 Å². The normalized spacial score (nSPS) is 10.2. The third kappa shape index (κ3) is 2.66. The van der Waals surface area contributed by atoms with Crippen molar-refractivity contribution in [2.24, 2.45) is 5.73 Å². The highest BCUT2D eigenvalue weighted by atomic mass is 16.5. The van der Waals surface area contributed by atoms with E-state index in [1.54, 1.807) is 18.4 Å². The molecule has 0 amide bonds. The van der Waals surface area contributed by atoms with Crippen LogP contribution in [0.5, 0.6) is 5.75 Å². The second-order valence-electron chi connectivity index (χ2n) is 3.78. The molecule has 4 nitrogen and oxygen atoms in total. The molecule has 88 valence electrons. The molecule has 0 saturated heterocycles. The molecule has 0 fully saturated rings. The Hall–Kier alpha value is -2.23. The number of furan rings is 1. The molecule has 2 aromatic rings. The highest BCUT2D eigenvalue weighted by molar-refractivity contribution is 5.97. The minimum Gasteiger partial charge on any atom is -0.485 e. The predicted molar refractivity (Wildman–Crippen MR) is 65.2 cm³/mol. The maximum absolute atomic E-state index is 7.47. The Morgan fingerprint density at radius 1 is 1.41 bits per heavy atom. The average molecular weight is 230 g/mol. The number of hydrogen-bond acceptors (Lipinski definition) is 3. The monoisotopic (exact) mass is 230 g/mol. The van der Waals surface area contributed by atoms with Gasteiger partial charge in [-0.1, -0.05) is 6.07 Å². The van der Waals surface area contributed by atoms with Crippen molar-refractivity contribution in [1.29, 1.82) is 5.41 Å².